The third kappa shape index (κ3) is 2.56. The maximum absolute atomic E-state index is 12.6. The third-order valence-electron chi connectivity index (χ3n) is 4.69. The smallest absolute Gasteiger partial charge is 0.331 e. The molecular weight excluding hydrogens is 332 g/mol. The lowest BCUT2D eigenvalue weighted by molar-refractivity contribution is -0.146. The van der Waals surface area contributed by atoms with Crippen LogP contribution in [0.5, 0.6) is 0 Å². The summed E-state index contributed by atoms with van der Waals surface area (Å²) in [5.74, 6) is -0.725. The van der Waals surface area contributed by atoms with Gasteiger partial charge in [0.25, 0.3) is 0 Å². The Balaban J connectivity index is 1.73. The Morgan fingerprint density at radius 3 is 2.88 bits per heavy atom. The summed E-state index contributed by atoms with van der Waals surface area (Å²) in [5, 5.41) is 16.0. The van der Waals surface area contributed by atoms with Crippen molar-refractivity contribution in [3.05, 3.63) is 12.4 Å². The molecule has 0 aromatic carbocycles. The van der Waals surface area contributed by atoms with Gasteiger partial charge in [0.15, 0.2) is 5.54 Å². The zero-order chi connectivity index (χ0) is 17.7. The van der Waals surface area contributed by atoms with Crippen LogP contribution in [0.4, 0.5) is 5.69 Å². The Kier molecular flexibility index (Phi) is 3.86. The van der Waals surface area contributed by atoms with Crippen molar-refractivity contribution in [2.24, 2.45) is 0 Å². The average molecular weight is 352 g/mol. The lowest BCUT2D eigenvalue weighted by atomic mass is 10.1. The molecule has 2 amide bonds. The number of hydrogen-bond acceptors (Lipinski definition) is 5. The van der Waals surface area contributed by atoms with E-state index < -0.39 is 17.6 Å². The largest absolute Gasteiger partial charge is 0.479 e. The molecule has 2 saturated heterocycles. The Labute approximate surface area is 143 Å². The fraction of sp³-hybridized carbons (Fsp3) is 0.600. The maximum atomic E-state index is 12.6. The molecule has 130 valence electrons. The number of nitrogens with zero attached hydrogens (tertiary/aromatic N) is 3. The summed E-state index contributed by atoms with van der Waals surface area (Å²) in [6.07, 6.45) is 4.12. The highest BCUT2D eigenvalue weighted by molar-refractivity contribution is 8.01. The summed E-state index contributed by atoms with van der Waals surface area (Å²) in [7, 11) is 0. The van der Waals surface area contributed by atoms with Crippen LogP contribution in [0.2, 0.25) is 0 Å². The number of thioether (sulfide) groups is 1. The lowest BCUT2D eigenvalue weighted by Gasteiger charge is -2.29. The molecule has 2 aliphatic rings. The van der Waals surface area contributed by atoms with E-state index in [0.29, 0.717) is 17.9 Å². The number of aromatic nitrogens is 2. The first-order chi connectivity index (χ1) is 11.1. The van der Waals surface area contributed by atoms with Crippen LogP contribution in [-0.2, 0) is 19.9 Å². The molecule has 3 heterocycles. The molecule has 1 aromatic rings. The molecule has 0 saturated carbocycles. The second kappa shape index (κ2) is 5.51. The summed E-state index contributed by atoms with van der Waals surface area (Å²) in [6.45, 7) is 5.04. The molecule has 3 rings (SSSR count). The molecule has 0 spiro atoms. The van der Waals surface area contributed by atoms with E-state index >= 15 is 0 Å². The van der Waals surface area contributed by atoms with Gasteiger partial charge in [0, 0.05) is 18.4 Å². The van der Waals surface area contributed by atoms with Gasteiger partial charge in [-0.2, -0.15) is 5.10 Å². The highest BCUT2D eigenvalue weighted by Crippen LogP contribution is 2.47. The Morgan fingerprint density at radius 1 is 1.50 bits per heavy atom. The minimum absolute atomic E-state index is 0.00496. The molecule has 9 heteroatoms. The summed E-state index contributed by atoms with van der Waals surface area (Å²) >= 11 is 1.63. The molecule has 2 atom stereocenters. The van der Waals surface area contributed by atoms with Crippen LogP contribution in [0.25, 0.3) is 0 Å². The van der Waals surface area contributed by atoms with Crippen LogP contribution in [0.15, 0.2) is 12.4 Å². The normalized spacial score (nSPS) is 26.5. The predicted molar refractivity (Wildman–Crippen MR) is 88.5 cm³/mol. The van der Waals surface area contributed by atoms with E-state index in [1.54, 1.807) is 16.7 Å². The van der Waals surface area contributed by atoms with E-state index in [0.717, 1.165) is 6.42 Å². The quantitative estimate of drug-likeness (QED) is 0.841. The van der Waals surface area contributed by atoms with Gasteiger partial charge in [0.05, 0.1) is 16.8 Å². The van der Waals surface area contributed by atoms with Gasteiger partial charge in [-0.05, 0) is 27.2 Å². The van der Waals surface area contributed by atoms with Gasteiger partial charge in [-0.1, -0.05) is 0 Å². The molecule has 1 aromatic heterocycles. The number of aliphatic carboxylic acids is 1. The molecule has 2 aliphatic heterocycles. The fourth-order valence-electron chi connectivity index (χ4n) is 3.03. The second-order valence-corrected chi connectivity index (χ2v) is 8.29. The van der Waals surface area contributed by atoms with Crippen molar-refractivity contribution >= 4 is 35.2 Å². The van der Waals surface area contributed by atoms with E-state index in [1.807, 2.05) is 6.92 Å². The first kappa shape index (κ1) is 16.8. The van der Waals surface area contributed by atoms with Crippen molar-refractivity contribution in [2.45, 2.75) is 50.1 Å². The first-order valence-corrected chi connectivity index (χ1v) is 8.69. The zero-order valence-corrected chi connectivity index (χ0v) is 14.6. The van der Waals surface area contributed by atoms with Crippen LogP contribution in [0, 0.1) is 0 Å². The number of amides is 2. The number of carbonyl (C=O) groups is 3. The molecular formula is C15H20N4O4S. The van der Waals surface area contributed by atoms with Crippen LogP contribution in [0.1, 0.15) is 33.6 Å². The van der Waals surface area contributed by atoms with Gasteiger partial charge < -0.3 is 15.3 Å². The minimum atomic E-state index is -1.21. The van der Waals surface area contributed by atoms with Crippen molar-refractivity contribution in [3.8, 4) is 0 Å². The molecule has 0 aliphatic carbocycles. The van der Waals surface area contributed by atoms with E-state index in [4.69, 9.17) is 0 Å². The van der Waals surface area contributed by atoms with Gasteiger partial charge in [-0.15, -0.1) is 11.8 Å². The van der Waals surface area contributed by atoms with Crippen molar-refractivity contribution in [1.82, 2.24) is 14.7 Å². The van der Waals surface area contributed by atoms with Gasteiger partial charge in [-0.3, -0.25) is 14.3 Å². The van der Waals surface area contributed by atoms with E-state index in [-0.39, 0.29) is 16.7 Å². The topological polar surface area (TPSA) is 105 Å². The molecule has 2 fully saturated rings. The Bertz CT molecular complexity index is 716. The number of anilines is 1. The summed E-state index contributed by atoms with van der Waals surface area (Å²) in [6, 6.07) is -0.508. The third-order valence-corrected chi connectivity index (χ3v) is 6.20. The van der Waals surface area contributed by atoms with E-state index in [1.165, 1.54) is 30.9 Å². The van der Waals surface area contributed by atoms with E-state index in [9.17, 15) is 19.5 Å². The molecule has 8 nitrogen and oxygen atoms in total. The van der Waals surface area contributed by atoms with Gasteiger partial charge in [0.2, 0.25) is 11.8 Å². The summed E-state index contributed by atoms with van der Waals surface area (Å²) in [4.78, 5) is 37.3. The number of fused-ring (bicyclic) bond motifs is 1. The molecule has 2 N–H and O–H groups in total. The van der Waals surface area contributed by atoms with Crippen molar-refractivity contribution < 1.29 is 19.5 Å². The fourth-order valence-corrected chi connectivity index (χ4v) is 4.46. The predicted octanol–water partition coefficient (Wildman–Crippen LogP) is 1.10. The van der Waals surface area contributed by atoms with Gasteiger partial charge in [0.1, 0.15) is 6.04 Å². The molecule has 2 unspecified atom stereocenters. The highest BCUT2D eigenvalue weighted by Gasteiger charge is 2.52. The van der Waals surface area contributed by atoms with Crippen LogP contribution in [-0.4, -0.2) is 54.2 Å². The summed E-state index contributed by atoms with van der Waals surface area (Å²) in [5.41, 5.74) is -0.796. The maximum Gasteiger partial charge on any atom is 0.331 e. The molecule has 24 heavy (non-hydrogen) atoms. The average Bonchev–Trinajstić information content (AvgIpc) is 3.16. The number of nitrogens with one attached hydrogen (secondary N) is 1. The second-order valence-electron chi connectivity index (χ2n) is 6.79. The van der Waals surface area contributed by atoms with Crippen molar-refractivity contribution in [3.63, 3.8) is 0 Å². The highest BCUT2D eigenvalue weighted by atomic mass is 32.2. The van der Waals surface area contributed by atoms with Crippen molar-refractivity contribution in [1.29, 1.82) is 0 Å². The van der Waals surface area contributed by atoms with Crippen LogP contribution in [0.3, 0.4) is 0 Å². The van der Waals surface area contributed by atoms with E-state index in [2.05, 4.69) is 10.4 Å². The number of carbonyl (C=O) groups excluding carboxylic acids is 2. The van der Waals surface area contributed by atoms with Crippen LogP contribution >= 0.6 is 11.8 Å². The SMILES string of the molecule is CC12CCC(=O)N1C(C(=O)Nc1cnn(C(C)(C)C(=O)O)c1)CS2. The monoisotopic (exact) mass is 352 g/mol. The molecule has 0 bridgehead atoms. The molecule has 0 radical (unpaired) electrons. The summed E-state index contributed by atoms with van der Waals surface area (Å²) < 4.78 is 1.29. The van der Waals surface area contributed by atoms with Gasteiger partial charge >= 0.3 is 5.97 Å². The number of rotatable bonds is 4. The van der Waals surface area contributed by atoms with Crippen LogP contribution < -0.4 is 5.32 Å². The lowest BCUT2D eigenvalue weighted by Crippen LogP contribution is -2.48. The Hall–Kier alpha value is -2.03. The number of carboxylic acids is 1. The standard InChI is InChI=1S/C15H20N4O4S/c1-14(2,13(22)23)18-7-9(6-16-18)17-12(21)10-8-24-15(3)5-4-11(20)19(10)15/h6-7,10H,4-5,8H2,1-3H3,(H,17,21)(H,22,23). The van der Waals surface area contributed by atoms with Gasteiger partial charge in [-0.25, -0.2) is 4.79 Å². The number of hydrogen-bond donors (Lipinski definition) is 2. The Morgan fingerprint density at radius 2 is 2.21 bits per heavy atom. The minimum Gasteiger partial charge on any atom is -0.479 e. The van der Waals surface area contributed by atoms with Crippen molar-refractivity contribution in [2.75, 3.05) is 11.1 Å². The number of carboxylic acid groups (broad SMARTS) is 1. The first-order valence-electron chi connectivity index (χ1n) is 7.71. The zero-order valence-electron chi connectivity index (χ0n) is 13.8.